The summed E-state index contributed by atoms with van der Waals surface area (Å²) in [5.41, 5.74) is -0.280. The lowest BCUT2D eigenvalue weighted by Gasteiger charge is -2.69. The molecule has 0 amide bonds. The molecule has 0 aromatic heterocycles. The van der Waals surface area contributed by atoms with Gasteiger partial charge in [0, 0.05) is 31.8 Å². The second-order valence-electron chi connectivity index (χ2n) is 20.6. The lowest BCUT2D eigenvalue weighted by molar-refractivity contribution is -0.334. The Morgan fingerprint density at radius 3 is 2.20 bits per heavy atom. The van der Waals surface area contributed by atoms with Crippen molar-refractivity contribution in [1.82, 2.24) is 0 Å². The molecule has 12 nitrogen and oxygen atoms in total. The molecular formula is C44H72O12. The molecule has 16 atom stereocenters. The van der Waals surface area contributed by atoms with Gasteiger partial charge in [0.2, 0.25) is 0 Å². The predicted molar refractivity (Wildman–Crippen MR) is 207 cm³/mol. The summed E-state index contributed by atoms with van der Waals surface area (Å²) in [6, 6.07) is 0. The normalized spacial score (nSPS) is 46.2. The molecule has 56 heavy (non-hydrogen) atoms. The van der Waals surface area contributed by atoms with Crippen LogP contribution in [-0.2, 0) is 42.7 Å². The molecular weight excluding hydrogens is 720 g/mol. The van der Waals surface area contributed by atoms with Crippen LogP contribution >= 0.6 is 0 Å². The number of carbonyl (C=O) groups is 2. The maximum Gasteiger partial charge on any atom is 0.302 e. The molecule has 0 aromatic rings. The number of methoxy groups -OCH3 is 1. The molecule has 0 aromatic carbocycles. The van der Waals surface area contributed by atoms with E-state index < -0.39 is 59.6 Å². The third kappa shape index (κ3) is 7.32. The van der Waals surface area contributed by atoms with Gasteiger partial charge in [0.15, 0.2) is 12.1 Å². The number of fused-ring (bicyclic) bond motifs is 5. The fraction of sp³-hybridized carbons (Fsp3) is 0.909. The largest absolute Gasteiger partial charge is 0.463 e. The molecule has 2 heterocycles. The van der Waals surface area contributed by atoms with Gasteiger partial charge in [-0.05, 0) is 107 Å². The Bertz CT molecular complexity index is 1510. The fourth-order valence-electron chi connectivity index (χ4n) is 13.2. The van der Waals surface area contributed by atoms with Crippen molar-refractivity contribution >= 4 is 11.9 Å². The minimum absolute atomic E-state index is 0.0919. The summed E-state index contributed by atoms with van der Waals surface area (Å²) in [4.78, 5) is 24.0. The Hall–Kier alpha value is -1.64. The molecule has 12 heteroatoms. The van der Waals surface area contributed by atoms with Crippen molar-refractivity contribution in [1.29, 1.82) is 0 Å². The molecule has 0 unspecified atom stereocenters. The molecule has 3 saturated carbocycles. The number of ether oxygens (including phenoxy) is 7. The molecule has 2 aliphatic heterocycles. The van der Waals surface area contributed by atoms with Crippen LogP contribution in [0.4, 0.5) is 0 Å². The highest BCUT2D eigenvalue weighted by molar-refractivity contribution is 5.66. The third-order valence-corrected chi connectivity index (χ3v) is 16.1. The summed E-state index contributed by atoms with van der Waals surface area (Å²) in [6.45, 7) is 24.5. The maximum atomic E-state index is 12.3. The maximum absolute atomic E-state index is 12.3. The van der Waals surface area contributed by atoms with Crippen LogP contribution in [0.2, 0.25) is 0 Å². The van der Waals surface area contributed by atoms with Crippen molar-refractivity contribution in [3.05, 3.63) is 11.6 Å². The van der Waals surface area contributed by atoms with Crippen molar-refractivity contribution in [2.75, 3.05) is 13.7 Å². The summed E-state index contributed by atoms with van der Waals surface area (Å²) >= 11 is 0. The smallest absolute Gasteiger partial charge is 0.302 e. The van der Waals surface area contributed by atoms with Gasteiger partial charge in [-0.3, -0.25) is 9.59 Å². The van der Waals surface area contributed by atoms with Crippen molar-refractivity contribution in [2.45, 2.75) is 195 Å². The molecule has 2 saturated heterocycles. The molecule has 6 rings (SSSR count). The van der Waals surface area contributed by atoms with E-state index in [0.29, 0.717) is 12.3 Å². The van der Waals surface area contributed by atoms with Crippen LogP contribution in [0.3, 0.4) is 0 Å². The van der Waals surface area contributed by atoms with Gasteiger partial charge in [0.1, 0.15) is 43.2 Å². The van der Waals surface area contributed by atoms with E-state index in [1.807, 2.05) is 13.8 Å². The van der Waals surface area contributed by atoms with Crippen molar-refractivity contribution in [2.24, 2.45) is 45.3 Å². The van der Waals surface area contributed by atoms with Crippen LogP contribution in [0.25, 0.3) is 0 Å². The molecule has 0 bridgehead atoms. The van der Waals surface area contributed by atoms with E-state index in [9.17, 15) is 24.9 Å². The topological polar surface area (TPSA) is 159 Å². The Morgan fingerprint density at radius 2 is 1.57 bits per heavy atom. The van der Waals surface area contributed by atoms with E-state index in [-0.39, 0.29) is 64.9 Å². The second kappa shape index (κ2) is 15.1. The van der Waals surface area contributed by atoms with Crippen LogP contribution in [-0.4, -0.2) is 107 Å². The number of esters is 2. The number of rotatable bonds is 10. The van der Waals surface area contributed by atoms with Gasteiger partial charge in [-0.1, -0.05) is 53.2 Å². The van der Waals surface area contributed by atoms with E-state index >= 15 is 0 Å². The van der Waals surface area contributed by atoms with E-state index in [1.165, 1.54) is 19.4 Å². The van der Waals surface area contributed by atoms with Gasteiger partial charge >= 0.3 is 11.9 Å². The molecule has 3 N–H and O–H groups in total. The van der Waals surface area contributed by atoms with Crippen LogP contribution in [0.5, 0.6) is 0 Å². The number of hydrogen-bond acceptors (Lipinski definition) is 12. The highest BCUT2D eigenvalue weighted by Crippen LogP contribution is 2.74. The zero-order chi connectivity index (χ0) is 41.6. The molecule has 6 aliphatic rings. The summed E-state index contributed by atoms with van der Waals surface area (Å²) < 4.78 is 43.3. The van der Waals surface area contributed by atoms with Crippen LogP contribution in [0.15, 0.2) is 11.6 Å². The first-order chi connectivity index (χ1) is 25.8. The average Bonchev–Trinajstić information content (AvgIpc) is 3.62. The van der Waals surface area contributed by atoms with Crippen molar-refractivity contribution in [3.8, 4) is 0 Å². The Morgan fingerprint density at radius 1 is 0.893 bits per heavy atom. The van der Waals surface area contributed by atoms with E-state index in [1.54, 1.807) is 7.11 Å². The van der Waals surface area contributed by atoms with Crippen LogP contribution in [0.1, 0.15) is 128 Å². The molecule has 5 fully saturated rings. The molecule has 4 aliphatic carbocycles. The highest BCUT2D eigenvalue weighted by atomic mass is 16.8. The third-order valence-electron chi connectivity index (χ3n) is 16.1. The predicted octanol–water partition coefficient (Wildman–Crippen LogP) is 5.86. The number of aliphatic hydroxyl groups is 3. The van der Waals surface area contributed by atoms with E-state index in [0.717, 1.165) is 38.5 Å². The number of carbonyl (C=O) groups excluding carboxylic acids is 2. The SMILES string of the molecule is COC(C)(C)[C@H]1OC(C)(C)O[C@@H]1C[C@H](C)[C@@H]1CC=C2[C@@]3(C)[C@H](CC[C@]21C)[C@@]1(C)CC[C@@H](OC(C)=O)C(C)(C)[C@@H]1C[C@H]3O[C@@H]1O[C@H](COC(C)=O)[C@@H](O)[C@H](O)[C@H]1O. The molecule has 0 spiro atoms. The highest BCUT2D eigenvalue weighted by Gasteiger charge is 2.70. The van der Waals surface area contributed by atoms with Gasteiger partial charge in [0.25, 0.3) is 0 Å². The first-order valence-corrected chi connectivity index (χ1v) is 21.1. The summed E-state index contributed by atoms with van der Waals surface area (Å²) in [5, 5.41) is 33.3. The Labute approximate surface area is 334 Å². The summed E-state index contributed by atoms with van der Waals surface area (Å²) in [7, 11) is 1.72. The lowest BCUT2D eigenvalue weighted by atomic mass is 9.37. The van der Waals surface area contributed by atoms with Gasteiger partial charge < -0.3 is 48.5 Å². The zero-order valence-electron chi connectivity index (χ0n) is 36.3. The zero-order valence-corrected chi connectivity index (χ0v) is 36.3. The Kier molecular flexibility index (Phi) is 11.9. The average molecular weight is 793 g/mol. The molecule has 0 radical (unpaired) electrons. The van der Waals surface area contributed by atoms with Crippen molar-refractivity contribution in [3.63, 3.8) is 0 Å². The number of allylic oxidation sites excluding steroid dienone is 1. The fourth-order valence-corrected chi connectivity index (χ4v) is 13.2. The van der Waals surface area contributed by atoms with Crippen LogP contribution in [0, 0.1) is 45.3 Å². The van der Waals surface area contributed by atoms with Crippen LogP contribution < -0.4 is 0 Å². The van der Waals surface area contributed by atoms with Gasteiger partial charge in [-0.15, -0.1) is 0 Å². The minimum Gasteiger partial charge on any atom is -0.463 e. The summed E-state index contributed by atoms with van der Waals surface area (Å²) in [6.07, 6.45) is 0.420. The Balaban J connectivity index is 1.35. The first kappa shape index (κ1) is 43.9. The second-order valence-corrected chi connectivity index (χ2v) is 20.6. The van der Waals surface area contributed by atoms with Gasteiger partial charge in [-0.2, -0.15) is 0 Å². The number of aliphatic hydroxyl groups excluding tert-OH is 3. The van der Waals surface area contributed by atoms with Gasteiger partial charge in [0.05, 0.1) is 17.8 Å². The van der Waals surface area contributed by atoms with E-state index in [2.05, 4.69) is 61.5 Å². The quantitative estimate of drug-likeness (QED) is 0.138. The summed E-state index contributed by atoms with van der Waals surface area (Å²) in [5.74, 6) is -0.644. The van der Waals surface area contributed by atoms with Crippen molar-refractivity contribution < 1.29 is 58.1 Å². The molecule has 320 valence electrons. The minimum atomic E-state index is -1.57. The monoisotopic (exact) mass is 793 g/mol. The van der Waals surface area contributed by atoms with Gasteiger partial charge in [-0.25, -0.2) is 0 Å². The lowest BCUT2D eigenvalue weighted by Crippen LogP contribution is -2.67. The standard InChI is InChI=1S/C44H72O12/c1-23(20-27-37(40(6,7)50-13)56-41(8,9)55-27)26-14-15-29-42(26,10)18-16-30-43(11)19-17-32(52-25(3)46)39(4,5)31(43)21-33(44(29,30)12)54-38-36(49)35(48)34(47)28(53-38)22-51-24(2)45/h15,23,26-28,30-38,47-49H,14,16-22H2,1-13H3/t23-,26-,27+,28+,30+,31-,32+,33+,34+,35-,36+,37-,38-,42-,43+,44-/m0/s1. The first-order valence-electron chi connectivity index (χ1n) is 21.1. The number of hydrogen-bond donors (Lipinski definition) is 3. The van der Waals surface area contributed by atoms with E-state index in [4.69, 9.17) is 33.2 Å².